The molecule has 0 atom stereocenters. The van der Waals surface area contributed by atoms with E-state index in [1.165, 1.54) is 0 Å². The minimum atomic E-state index is 0.571. The number of aryl methyl sites for hydroxylation is 1. The monoisotopic (exact) mass is 366 g/mol. The molecule has 0 unspecified atom stereocenters. The first-order valence-corrected chi connectivity index (χ1v) is 8.58. The van der Waals surface area contributed by atoms with Gasteiger partial charge in [-0.25, -0.2) is 0 Å². The smallest absolute Gasteiger partial charge is 0.0998 e. The summed E-state index contributed by atoms with van der Waals surface area (Å²) >= 11 is 12.4. The van der Waals surface area contributed by atoms with Gasteiger partial charge in [0, 0.05) is 16.4 Å². The fourth-order valence-electron chi connectivity index (χ4n) is 2.93. The van der Waals surface area contributed by atoms with Gasteiger partial charge in [-0.15, -0.1) is 0 Å². The SMILES string of the molecule is Cc1cc(/C=C(/C#N)c2cccc(Cl)c2)c(C)n1-c1ccccc1Cl. The Kier molecular flexibility index (Phi) is 4.99. The predicted octanol–water partition coefficient (Wildman–Crippen LogP) is 6.47. The van der Waals surface area contributed by atoms with Crippen LogP contribution in [-0.2, 0) is 0 Å². The van der Waals surface area contributed by atoms with Crippen molar-refractivity contribution in [3.05, 3.63) is 87.2 Å². The highest BCUT2D eigenvalue weighted by atomic mass is 35.5. The van der Waals surface area contributed by atoms with Crippen molar-refractivity contribution in [3.63, 3.8) is 0 Å². The molecule has 0 aliphatic heterocycles. The Labute approximate surface area is 157 Å². The number of nitrogens with zero attached hydrogens (tertiary/aromatic N) is 2. The van der Waals surface area contributed by atoms with Gasteiger partial charge in [0.15, 0.2) is 0 Å². The number of allylic oxidation sites excluding steroid dienone is 1. The van der Waals surface area contributed by atoms with Crippen LogP contribution in [0.2, 0.25) is 10.0 Å². The van der Waals surface area contributed by atoms with Crippen LogP contribution in [0.5, 0.6) is 0 Å². The van der Waals surface area contributed by atoms with Crippen LogP contribution in [0.1, 0.15) is 22.5 Å². The second-order valence-corrected chi connectivity index (χ2v) is 6.64. The third-order valence-electron chi connectivity index (χ3n) is 4.12. The number of nitriles is 1. The van der Waals surface area contributed by atoms with Crippen LogP contribution >= 0.6 is 23.2 Å². The molecule has 0 radical (unpaired) electrons. The molecule has 0 N–H and O–H groups in total. The zero-order valence-corrected chi connectivity index (χ0v) is 15.4. The molecular weight excluding hydrogens is 351 g/mol. The first-order valence-electron chi connectivity index (χ1n) is 7.83. The Morgan fingerprint density at radius 1 is 1.04 bits per heavy atom. The maximum atomic E-state index is 9.57. The number of aromatic nitrogens is 1. The van der Waals surface area contributed by atoms with Crippen molar-refractivity contribution in [3.8, 4) is 11.8 Å². The fraction of sp³-hybridized carbons (Fsp3) is 0.0952. The summed E-state index contributed by atoms with van der Waals surface area (Å²) in [6.45, 7) is 4.05. The van der Waals surface area contributed by atoms with Crippen molar-refractivity contribution in [1.82, 2.24) is 4.57 Å². The molecule has 4 heteroatoms. The van der Waals surface area contributed by atoms with Gasteiger partial charge in [-0.3, -0.25) is 0 Å². The van der Waals surface area contributed by atoms with Crippen LogP contribution in [0.25, 0.3) is 17.3 Å². The first-order chi connectivity index (χ1) is 12.0. The maximum Gasteiger partial charge on any atom is 0.0998 e. The van der Waals surface area contributed by atoms with E-state index in [-0.39, 0.29) is 0 Å². The fourth-order valence-corrected chi connectivity index (χ4v) is 3.34. The lowest BCUT2D eigenvalue weighted by Crippen LogP contribution is -1.99. The molecule has 0 spiro atoms. The van der Waals surface area contributed by atoms with E-state index in [2.05, 4.69) is 16.7 Å². The van der Waals surface area contributed by atoms with Crippen LogP contribution < -0.4 is 0 Å². The summed E-state index contributed by atoms with van der Waals surface area (Å²) in [6, 6.07) is 19.4. The summed E-state index contributed by atoms with van der Waals surface area (Å²) in [4.78, 5) is 0. The highest BCUT2D eigenvalue weighted by Gasteiger charge is 2.12. The Hall–Kier alpha value is -2.47. The molecule has 3 aromatic rings. The molecule has 2 aromatic carbocycles. The zero-order valence-electron chi connectivity index (χ0n) is 13.9. The zero-order chi connectivity index (χ0) is 18.0. The van der Waals surface area contributed by atoms with E-state index >= 15 is 0 Å². The molecular formula is C21H16Cl2N2. The third kappa shape index (κ3) is 3.49. The van der Waals surface area contributed by atoms with Gasteiger partial charge in [-0.05, 0) is 61.4 Å². The van der Waals surface area contributed by atoms with Gasteiger partial charge in [-0.1, -0.05) is 47.5 Å². The van der Waals surface area contributed by atoms with E-state index in [1.807, 2.05) is 56.3 Å². The Morgan fingerprint density at radius 2 is 1.80 bits per heavy atom. The van der Waals surface area contributed by atoms with Gasteiger partial charge in [0.25, 0.3) is 0 Å². The lowest BCUT2D eigenvalue weighted by Gasteiger charge is -2.11. The lowest BCUT2D eigenvalue weighted by molar-refractivity contribution is 0.965. The molecule has 2 nitrogen and oxygen atoms in total. The minimum Gasteiger partial charge on any atom is -0.316 e. The molecule has 3 rings (SSSR count). The molecule has 0 aliphatic carbocycles. The molecule has 1 aromatic heterocycles. The first kappa shape index (κ1) is 17.4. The van der Waals surface area contributed by atoms with Gasteiger partial charge >= 0.3 is 0 Å². The highest BCUT2D eigenvalue weighted by Crippen LogP contribution is 2.29. The summed E-state index contributed by atoms with van der Waals surface area (Å²) < 4.78 is 2.10. The second-order valence-electron chi connectivity index (χ2n) is 5.79. The second kappa shape index (κ2) is 7.19. The van der Waals surface area contributed by atoms with Gasteiger partial charge in [-0.2, -0.15) is 5.26 Å². The number of hydrogen-bond donors (Lipinski definition) is 0. The van der Waals surface area contributed by atoms with E-state index in [1.54, 1.807) is 12.1 Å². The van der Waals surface area contributed by atoms with E-state index in [4.69, 9.17) is 23.2 Å². The quantitative estimate of drug-likeness (QED) is 0.488. The average molecular weight is 367 g/mol. The van der Waals surface area contributed by atoms with Crippen LogP contribution in [0.4, 0.5) is 0 Å². The molecule has 1 heterocycles. The van der Waals surface area contributed by atoms with Gasteiger partial charge in [0.2, 0.25) is 0 Å². The van der Waals surface area contributed by atoms with Crippen LogP contribution in [0, 0.1) is 25.2 Å². The number of halogens is 2. The largest absolute Gasteiger partial charge is 0.316 e. The summed E-state index contributed by atoms with van der Waals surface area (Å²) in [5.74, 6) is 0. The van der Waals surface area contributed by atoms with Gasteiger partial charge in [0.1, 0.15) is 0 Å². The predicted molar refractivity (Wildman–Crippen MR) is 105 cm³/mol. The van der Waals surface area contributed by atoms with Crippen molar-refractivity contribution in [1.29, 1.82) is 5.26 Å². The number of benzene rings is 2. The van der Waals surface area contributed by atoms with Crippen molar-refractivity contribution in [2.24, 2.45) is 0 Å². The van der Waals surface area contributed by atoms with Gasteiger partial charge < -0.3 is 4.57 Å². The molecule has 124 valence electrons. The molecule has 0 saturated heterocycles. The van der Waals surface area contributed by atoms with Crippen molar-refractivity contribution in [2.75, 3.05) is 0 Å². The molecule has 0 fully saturated rings. The topological polar surface area (TPSA) is 28.7 Å². The maximum absolute atomic E-state index is 9.57. The standard InChI is InChI=1S/C21H16Cl2N2/c1-14-10-17(11-18(13-24)16-6-5-7-19(22)12-16)15(2)25(14)21-9-4-3-8-20(21)23/h3-12H,1-2H3/b18-11-. The lowest BCUT2D eigenvalue weighted by atomic mass is 10.0. The number of rotatable bonds is 3. The third-order valence-corrected chi connectivity index (χ3v) is 4.67. The molecule has 0 aliphatic rings. The van der Waals surface area contributed by atoms with E-state index in [0.717, 1.165) is 28.2 Å². The van der Waals surface area contributed by atoms with Crippen molar-refractivity contribution in [2.45, 2.75) is 13.8 Å². The summed E-state index contributed by atoms with van der Waals surface area (Å²) in [5.41, 5.74) is 5.37. The van der Waals surface area contributed by atoms with Crippen LogP contribution in [0.3, 0.4) is 0 Å². The Morgan fingerprint density at radius 3 is 2.48 bits per heavy atom. The molecule has 25 heavy (non-hydrogen) atoms. The summed E-state index contributed by atoms with van der Waals surface area (Å²) in [7, 11) is 0. The van der Waals surface area contributed by atoms with Crippen molar-refractivity contribution >= 4 is 34.9 Å². The molecule has 0 amide bonds. The average Bonchev–Trinajstić information content (AvgIpc) is 2.87. The molecule has 0 bridgehead atoms. The van der Waals surface area contributed by atoms with Crippen LogP contribution in [-0.4, -0.2) is 4.57 Å². The van der Waals surface area contributed by atoms with Crippen LogP contribution in [0.15, 0.2) is 54.6 Å². The Bertz CT molecular complexity index is 1010. The summed E-state index contributed by atoms with van der Waals surface area (Å²) in [6.07, 6.45) is 1.89. The van der Waals surface area contributed by atoms with E-state index in [0.29, 0.717) is 15.6 Å². The van der Waals surface area contributed by atoms with Crippen molar-refractivity contribution < 1.29 is 0 Å². The van der Waals surface area contributed by atoms with E-state index in [9.17, 15) is 5.26 Å². The number of para-hydroxylation sites is 1. The number of hydrogen-bond acceptors (Lipinski definition) is 1. The van der Waals surface area contributed by atoms with E-state index < -0.39 is 0 Å². The highest BCUT2D eigenvalue weighted by molar-refractivity contribution is 6.32. The molecule has 0 saturated carbocycles. The normalized spacial score (nSPS) is 11.4. The summed E-state index contributed by atoms with van der Waals surface area (Å²) in [5, 5.41) is 10.9. The minimum absolute atomic E-state index is 0.571. The van der Waals surface area contributed by atoms with Gasteiger partial charge in [0.05, 0.1) is 22.4 Å². The Balaban J connectivity index is 2.12.